The van der Waals surface area contributed by atoms with Crippen LogP contribution in [0.25, 0.3) is 6.08 Å². The molecule has 0 aliphatic carbocycles. The predicted octanol–water partition coefficient (Wildman–Crippen LogP) is 2.15. The number of carboxylic acids is 1. The van der Waals surface area contributed by atoms with Crippen molar-refractivity contribution in [2.45, 2.75) is 39.2 Å². The molecule has 0 saturated heterocycles. The number of amides is 1. The standard InChI is InChI=1S/C14H20ClN3O3/c1-4-5-10(8-13(20)21)16-12(19)7-6-11-9(2)17-18(3)14(11)15/h6-7,10H,4-5,8H2,1-3H3,(H,16,19)(H,20,21)/b7-6+. The van der Waals surface area contributed by atoms with Crippen LogP contribution in [0.3, 0.4) is 0 Å². The normalized spacial score (nSPS) is 12.6. The summed E-state index contributed by atoms with van der Waals surface area (Å²) in [4.78, 5) is 22.6. The number of halogens is 1. The van der Waals surface area contributed by atoms with Crippen LogP contribution in [-0.2, 0) is 16.6 Å². The lowest BCUT2D eigenvalue weighted by Crippen LogP contribution is -2.35. The molecule has 1 unspecified atom stereocenters. The van der Waals surface area contributed by atoms with Gasteiger partial charge in [0.05, 0.1) is 12.1 Å². The Morgan fingerprint density at radius 3 is 2.67 bits per heavy atom. The van der Waals surface area contributed by atoms with Crippen LogP contribution in [0.5, 0.6) is 0 Å². The molecule has 1 atom stereocenters. The number of nitrogens with zero attached hydrogens (tertiary/aromatic N) is 2. The summed E-state index contributed by atoms with van der Waals surface area (Å²) < 4.78 is 1.53. The van der Waals surface area contributed by atoms with Crippen molar-refractivity contribution in [1.29, 1.82) is 0 Å². The number of hydrogen-bond donors (Lipinski definition) is 2. The van der Waals surface area contributed by atoms with Gasteiger partial charge in [-0.15, -0.1) is 0 Å². The zero-order chi connectivity index (χ0) is 16.0. The molecule has 1 aromatic heterocycles. The summed E-state index contributed by atoms with van der Waals surface area (Å²) in [6.07, 6.45) is 4.28. The van der Waals surface area contributed by atoms with Crippen molar-refractivity contribution >= 4 is 29.6 Å². The molecular formula is C14H20ClN3O3. The van der Waals surface area contributed by atoms with Crippen molar-refractivity contribution < 1.29 is 14.7 Å². The molecule has 7 heteroatoms. The van der Waals surface area contributed by atoms with E-state index in [0.717, 1.165) is 12.1 Å². The first-order valence-corrected chi connectivity index (χ1v) is 7.12. The lowest BCUT2D eigenvalue weighted by atomic mass is 10.1. The topological polar surface area (TPSA) is 84.2 Å². The second-order valence-corrected chi connectivity index (χ2v) is 5.20. The molecule has 1 heterocycles. The maximum atomic E-state index is 11.9. The maximum absolute atomic E-state index is 11.9. The van der Waals surface area contributed by atoms with Crippen molar-refractivity contribution in [3.05, 3.63) is 22.5 Å². The van der Waals surface area contributed by atoms with E-state index in [2.05, 4.69) is 10.4 Å². The van der Waals surface area contributed by atoms with Gasteiger partial charge in [-0.3, -0.25) is 14.3 Å². The Balaban J connectivity index is 2.71. The zero-order valence-electron chi connectivity index (χ0n) is 12.4. The summed E-state index contributed by atoms with van der Waals surface area (Å²) >= 11 is 6.06. The molecule has 0 spiro atoms. The van der Waals surface area contributed by atoms with Crippen LogP contribution >= 0.6 is 11.6 Å². The minimum Gasteiger partial charge on any atom is -0.481 e. The van der Waals surface area contributed by atoms with Crippen LogP contribution in [0.15, 0.2) is 6.08 Å². The molecule has 0 saturated carbocycles. The predicted molar refractivity (Wildman–Crippen MR) is 81.1 cm³/mol. The molecule has 1 rings (SSSR count). The van der Waals surface area contributed by atoms with Gasteiger partial charge in [-0.2, -0.15) is 5.10 Å². The van der Waals surface area contributed by atoms with Crippen molar-refractivity contribution in [3.63, 3.8) is 0 Å². The SMILES string of the molecule is CCCC(CC(=O)O)NC(=O)/C=C/c1c(C)nn(C)c1Cl. The van der Waals surface area contributed by atoms with E-state index in [1.54, 1.807) is 20.0 Å². The molecular weight excluding hydrogens is 294 g/mol. The number of aliphatic carboxylic acids is 1. The number of nitrogens with one attached hydrogen (secondary N) is 1. The van der Waals surface area contributed by atoms with Crippen LogP contribution in [-0.4, -0.2) is 32.8 Å². The molecule has 1 aromatic rings. The van der Waals surface area contributed by atoms with Crippen molar-refractivity contribution in [2.24, 2.45) is 7.05 Å². The fourth-order valence-electron chi connectivity index (χ4n) is 2.03. The second kappa shape index (κ2) is 7.83. The number of carbonyl (C=O) groups is 2. The molecule has 0 radical (unpaired) electrons. The van der Waals surface area contributed by atoms with E-state index >= 15 is 0 Å². The third kappa shape index (κ3) is 5.23. The molecule has 6 nitrogen and oxygen atoms in total. The first kappa shape index (κ1) is 17.2. The Kier molecular flexibility index (Phi) is 6.42. The Morgan fingerprint density at radius 1 is 1.52 bits per heavy atom. The summed E-state index contributed by atoms with van der Waals surface area (Å²) in [5.74, 6) is -1.27. The van der Waals surface area contributed by atoms with Gasteiger partial charge in [-0.25, -0.2) is 0 Å². The Bertz CT molecular complexity index is 552. The van der Waals surface area contributed by atoms with Crippen LogP contribution in [0.2, 0.25) is 5.15 Å². The van der Waals surface area contributed by atoms with Crippen molar-refractivity contribution in [1.82, 2.24) is 15.1 Å². The first-order chi connectivity index (χ1) is 9.85. The minimum absolute atomic E-state index is 0.0832. The Hall–Kier alpha value is -1.82. The van der Waals surface area contributed by atoms with Crippen LogP contribution in [0.4, 0.5) is 0 Å². The van der Waals surface area contributed by atoms with E-state index in [0.29, 0.717) is 17.1 Å². The Labute approximate surface area is 128 Å². The second-order valence-electron chi connectivity index (χ2n) is 4.84. The van der Waals surface area contributed by atoms with E-state index in [9.17, 15) is 9.59 Å². The molecule has 21 heavy (non-hydrogen) atoms. The molecule has 2 N–H and O–H groups in total. The number of aromatic nitrogens is 2. The third-order valence-corrected chi connectivity index (χ3v) is 3.45. The largest absolute Gasteiger partial charge is 0.481 e. The number of rotatable bonds is 7. The monoisotopic (exact) mass is 313 g/mol. The molecule has 0 fully saturated rings. The van der Waals surface area contributed by atoms with Crippen LogP contribution in [0, 0.1) is 6.92 Å². The van der Waals surface area contributed by atoms with Gasteiger partial charge in [0.1, 0.15) is 5.15 Å². The van der Waals surface area contributed by atoms with Gasteiger partial charge in [0.15, 0.2) is 0 Å². The lowest BCUT2D eigenvalue weighted by molar-refractivity contribution is -0.137. The van der Waals surface area contributed by atoms with E-state index < -0.39 is 5.97 Å². The number of carboxylic acid groups (broad SMARTS) is 1. The quantitative estimate of drug-likeness (QED) is 0.755. The minimum atomic E-state index is -0.927. The summed E-state index contributed by atoms with van der Waals surface area (Å²) in [5.41, 5.74) is 1.40. The van der Waals surface area contributed by atoms with Crippen LogP contribution < -0.4 is 5.32 Å². The molecule has 0 aliphatic heterocycles. The zero-order valence-corrected chi connectivity index (χ0v) is 13.1. The van der Waals surface area contributed by atoms with Crippen molar-refractivity contribution in [2.75, 3.05) is 0 Å². The molecule has 0 aromatic carbocycles. The summed E-state index contributed by atoms with van der Waals surface area (Å²) in [5, 5.41) is 16.1. The van der Waals surface area contributed by atoms with E-state index in [1.807, 2.05) is 6.92 Å². The number of aryl methyl sites for hydroxylation is 2. The van der Waals surface area contributed by atoms with Gasteiger partial charge < -0.3 is 10.4 Å². The fourth-order valence-corrected chi connectivity index (χ4v) is 2.27. The Morgan fingerprint density at radius 2 is 2.19 bits per heavy atom. The van der Waals surface area contributed by atoms with Gasteiger partial charge in [0.25, 0.3) is 0 Å². The van der Waals surface area contributed by atoms with E-state index in [4.69, 9.17) is 16.7 Å². The van der Waals surface area contributed by atoms with Crippen LogP contribution in [0.1, 0.15) is 37.4 Å². The van der Waals surface area contributed by atoms with Gasteiger partial charge in [0.2, 0.25) is 5.91 Å². The van der Waals surface area contributed by atoms with Crippen molar-refractivity contribution in [3.8, 4) is 0 Å². The highest BCUT2D eigenvalue weighted by Crippen LogP contribution is 2.19. The van der Waals surface area contributed by atoms with Gasteiger partial charge in [0, 0.05) is 24.7 Å². The molecule has 0 aliphatic rings. The third-order valence-electron chi connectivity index (χ3n) is 3.00. The summed E-state index contributed by atoms with van der Waals surface area (Å²) in [6.45, 7) is 3.74. The molecule has 1 amide bonds. The average Bonchev–Trinajstić information content (AvgIpc) is 2.60. The first-order valence-electron chi connectivity index (χ1n) is 6.74. The highest BCUT2D eigenvalue weighted by molar-refractivity contribution is 6.31. The molecule has 0 bridgehead atoms. The highest BCUT2D eigenvalue weighted by Gasteiger charge is 2.14. The fraction of sp³-hybridized carbons (Fsp3) is 0.500. The molecule has 116 valence electrons. The lowest BCUT2D eigenvalue weighted by Gasteiger charge is -2.14. The summed E-state index contributed by atoms with van der Waals surface area (Å²) in [6, 6.07) is -0.366. The maximum Gasteiger partial charge on any atom is 0.305 e. The van der Waals surface area contributed by atoms with Gasteiger partial charge >= 0.3 is 5.97 Å². The number of hydrogen-bond acceptors (Lipinski definition) is 3. The van der Waals surface area contributed by atoms with Gasteiger partial charge in [-0.1, -0.05) is 24.9 Å². The smallest absolute Gasteiger partial charge is 0.305 e. The average molecular weight is 314 g/mol. The highest BCUT2D eigenvalue weighted by atomic mass is 35.5. The van der Waals surface area contributed by atoms with E-state index in [1.165, 1.54) is 10.8 Å². The van der Waals surface area contributed by atoms with E-state index in [-0.39, 0.29) is 18.4 Å². The summed E-state index contributed by atoms with van der Waals surface area (Å²) in [7, 11) is 1.72. The number of carbonyl (C=O) groups excluding carboxylic acids is 1. The van der Waals surface area contributed by atoms with Gasteiger partial charge in [-0.05, 0) is 19.4 Å².